The van der Waals surface area contributed by atoms with Gasteiger partial charge in [0.15, 0.2) is 0 Å². The third-order valence-corrected chi connectivity index (χ3v) is 6.91. The SMILES string of the molecule is Cc1ccc(C(=O)N(C)Cc2ccccc2)cc1N(C)S(=O)(=O)c1ccc(Cl)cc1. The van der Waals surface area contributed by atoms with Crippen LogP contribution in [0.2, 0.25) is 5.02 Å². The average Bonchev–Trinajstić information content (AvgIpc) is 2.74. The van der Waals surface area contributed by atoms with Crippen molar-refractivity contribution in [2.24, 2.45) is 0 Å². The molecule has 5 nitrogen and oxygen atoms in total. The zero-order valence-corrected chi connectivity index (χ0v) is 18.6. The zero-order chi connectivity index (χ0) is 21.9. The zero-order valence-electron chi connectivity index (χ0n) is 17.0. The van der Waals surface area contributed by atoms with Gasteiger partial charge in [0.25, 0.3) is 15.9 Å². The molecule has 0 aliphatic rings. The van der Waals surface area contributed by atoms with Gasteiger partial charge >= 0.3 is 0 Å². The second kappa shape index (κ2) is 8.90. The van der Waals surface area contributed by atoms with Crippen LogP contribution in [-0.2, 0) is 16.6 Å². The fourth-order valence-corrected chi connectivity index (χ4v) is 4.50. The molecule has 0 spiro atoms. The number of anilines is 1. The molecular formula is C23H23ClN2O3S. The van der Waals surface area contributed by atoms with E-state index in [1.54, 1.807) is 30.1 Å². The van der Waals surface area contributed by atoms with E-state index in [4.69, 9.17) is 11.6 Å². The van der Waals surface area contributed by atoms with E-state index in [2.05, 4.69) is 0 Å². The topological polar surface area (TPSA) is 57.7 Å². The molecule has 0 N–H and O–H groups in total. The Labute approximate surface area is 182 Å². The van der Waals surface area contributed by atoms with E-state index in [0.717, 1.165) is 11.1 Å². The van der Waals surface area contributed by atoms with E-state index < -0.39 is 10.0 Å². The largest absolute Gasteiger partial charge is 0.337 e. The predicted octanol–water partition coefficient (Wildman–Crippen LogP) is 4.75. The summed E-state index contributed by atoms with van der Waals surface area (Å²) in [7, 11) is -0.587. The lowest BCUT2D eigenvalue weighted by molar-refractivity contribution is 0.0785. The van der Waals surface area contributed by atoms with Crippen LogP contribution in [0, 0.1) is 6.92 Å². The number of nitrogens with zero attached hydrogens (tertiary/aromatic N) is 2. The molecule has 7 heteroatoms. The molecular weight excluding hydrogens is 420 g/mol. The summed E-state index contributed by atoms with van der Waals surface area (Å²) in [6.07, 6.45) is 0. The van der Waals surface area contributed by atoms with Gasteiger partial charge in [-0.25, -0.2) is 8.42 Å². The molecule has 0 aromatic heterocycles. The number of carbonyl (C=O) groups is 1. The number of hydrogen-bond acceptors (Lipinski definition) is 3. The molecule has 0 heterocycles. The fraction of sp³-hybridized carbons (Fsp3) is 0.174. The second-order valence-electron chi connectivity index (χ2n) is 7.07. The molecule has 0 bridgehead atoms. The third kappa shape index (κ3) is 4.66. The first-order valence-corrected chi connectivity index (χ1v) is 11.2. The number of aryl methyl sites for hydroxylation is 1. The highest BCUT2D eigenvalue weighted by Gasteiger charge is 2.24. The summed E-state index contributed by atoms with van der Waals surface area (Å²) in [6.45, 7) is 2.27. The normalized spacial score (nSPS) is 11.2. The lowest BCUT2D eigenvalue weighted by Gasteiger charge is -2.23. The summed E-state index contributed by atoms with van der Waals surface area (Å²) in [6, 6.07) is 20.8. The molecule has 0 radical (unpaired) electrons. The Morgan fingerprint density at radius 3 is 2.20 bits per heavy atom. The Kier molecular flexibility index (Phi) is 6.48. The third-order valence-electron chi connectivity index (χ3n) is 4.88. The maximum absolute atomic E-state index is 13.0. The highest BCUT2D eigenvalue weighted by molar-refractivity contribution is 7.92. The summed E-state index contributed by atoms with van der Waals surface area (Å²) in [5.74, 6) is -0.183. The standard InChI is InChI=1S/C23H23ClN2O3S/c1-17-9-10-19(23(27)25(2)16-18-7-5-4-6-8-18)15-22(17)26(3)30(28,29)21-13-11-20(24)12-14-21/h4-15H,16H2,1-3H3. The summed E-state index contributed by atoms with van der Waals surface area (Å²) in [5.41, 5.74) is 2.64. The van der Waals surface area contributed by atoms with Crippen molar-refractivity contribution < 1.29 is 13.2 Å². The first kappa shape index (κ1) is 21.9. The summed E-state index contributed by atoms with van der Waals surface area (Å²) >= 11 is 5.88. The van der Waals surface area contributed by atoms with Gasteiger partial charge in [-0.1, -0.05) is 48.0 Å². The van der Waals surface area contributed by atoms with Crippen molar-refractivity contribution in [3.8, 4) is 0 Å². The molecule has 0 saturated heterocycles. The first-order valence-electron chi connectivity index (χ1n) is 9.34. The van der Waals surface area contributed by atoms with Crippen molar-refractivity contribution in [2.75, 3.05) is 18.4 Å². The highest BCUT2D eigenvalue weighted by Crippen LogP contribution is 2.27. The van der Waals surface area contributed by atoms with Gasteiger partial charge in [0.1, 0.15) is 0 Å². The number of sulfonamides is 1. The average molecular weight is 443 g/mol. The Morgan fingerprint density at radius 2 is 1.57 bits per heavy atom. The van der Waals surface area contributed by atoms with Crippen LogP contribution in [0.1, 0.15) is 21.5 Å². The van der Waals surface area contributed by atoms with Crippen molar-refractivity contribution in [3.63, 3.8) is 0 Å². The van der Waals surface area contributed by atoms with Gasteiger partial charge in [0.2, 0.25) is 0 Å². The summed E-state index contributed by atoms with van der Waals surface area (Å²) in [5, 5.41) is 0.460. The van der Waals surface area contributed by atoms with Gasteiger partial charge in [-0.2, -0.15) is 0 Å². The molecule has 0 unspecified atom stereocenters. The molecule has 156 valence electrons. The van der Waals surface area contributed by atoms with Gasteiger partial charge in [-0.05, 0) is 54.4 Å². The van der Waals surface area contributed by atoms with Crippen LogP contribution >= 0.6 is 11.6 Å². The fourth-order valence-electron chi connectivity index (χ4n) is 3.13. The number of halogens is 1. The van der Waals surface area contributed by atoms with Crippen molar-refractivity contribution in [1.29, 1.82) is 0 Å². The molecule has 3 rings (SSSR count). The first-order chi connectivity index (χ1) is 14.2. The molecule has 3 aromatic rings. The highest BCUT2D eigenvalue weighted by atomic mass is 35.5. The van der Waals surface area contributed by atoms with Crippen molar-refractivity contribution in [2.45, 2.75) is 18.4 Å². The van der Waals surface area contributed by atoms with Crippen LogP contribution < -0.4 is 4.31 Å². The number of rotatable bonds is 6. The van der Waals surface area contributed by atoms with E-state index >= 15 is 0 Å². The van der Waals surface area contributed by atoms with Crippen LogP contribution in [0.4, 0.5) is 5.69 Å². The molecule has 0 aliphatic heterocycles. The maximum atomic E-state index is 13.0. The summed E-state index contributed by atoms with van der Waals surface area (Å²) in [4.78, 5) is 14.7. The predicted molar refractivity (Wildman–Crippen MR) is 120 cm³/mol. The van der Waals surface area contributed by atoms with Gasteiger partial charge < -0.3 is 4.90 Å². The van der Waals surface area contributed by atoms with Gasteiger partial charge in [0.05, 0.1) is 10.6 Å². The Bertz CT molecular complexity index is 1150. The van der Waals surface area contributed by atoms with Crippen LogP contribution in [0.15, 0.2) is 77.7 Å². The minimum absolute atomic E-state index is 0.131. The minimum Gasteiger partial charge on any atom is -0.337 e. The van der Waals surface area contributed by atoms with Crippen LogP contribution in [0.3, 0.4) is 0 Å². The Morgan fingerprint density at radius 1 is 0.933 bits per heavy atom. The minimum atomic E-state index is -3.79. The lowest BCUT2D eigenvalue weighted by atomic mass is 10.1. The quantitative estimate of drug-likeness (QED) is 0.553. The van der Waals surface area contributed by atoms with Crippen LogP contribution in [0.5, 0.6) is 0 Å². The molecule has 0 atom stereocenters. The van der Waals surface area contributed by atoms with E-state index in [-0.39, 0.29) is 10.8 Å². The smallest absolute Gasteiger partial charge is 0.264 e. The Hall–Kier alpha value is -2.83. The van der Waals surface area contributed by atoms with Gasteiger partial charge in [-0.3, -0.25) is 9.10 Å². The maximum Gasteiger partial charge on any atom is 0.264 e. The molecule has 0 aliphatic carbocycles. The molecule has 3 aromatic carbocycles. The van der Waals surface area contributed by atoms with E-state index in [9.17, 15) is 13.2 Å². The second-order valence-corrected chi connectivity index (χ2v) is 9.48. The molecule has 0 saturated carbocycles. The van der Waals surface area contributed by atoms with Crippen molar-refractivity contribution in [1.82, 2.24) is 4.90 Å². The van der Waals surface area contributed by atoms with E-state index in [0.29, 0.717) is 22.8 Å². The molecule has 1 amide bonds. The number of benzene rings is 3. The summed E-state index contributed by atoms with van der Waals surface area (Å²) < 4.78 is 27.3. The van der Waals surface area contributed by atoms with Crippen molar-refractivity contribution >= 4 is 33.2 Å². The molecule has 0 fully saturated rings. The number of carbonyl (C=O) groups excluding carboxylic acids is 1. The van der Waals surface area contributed by atoms with E-state index in [1.165, 1.54) is 35.6 Å². The Balaban J connectivity index is 1.89. The lowest BCUT2D eigenvalue weighted by Crippen LogP contribution is -2.29. The van der Waals surface area contributed by atoms with Gasteiger partial charge in [-0.15, -0.1) is 0 Å². The van der Waals surface area contributed by atoms with E-state index in [1.807, 2.05) is 37.3 Å². The van der Waals surface area contributed by atoms with Crippen LogP contribution in [-0.4, -0.2) is 33.3 Å². The number of amides is 1. The van der Waals surface area contributed by atoms with Crippen LogP contribution in [0.25, 0.3) is 0 Å². The monoisotopic (exact) mass is 442 g/mol. The van der Waals surface area contributed by atoms with Crippen molar-refractivity contribution in [3.05, 3.63) is 94.5 Å². The number of hydrogen-bond donors (Lipinski definition) is 0. The van der Waals surface area contributed by atoms with Gasteiger partial charge in [0, 0.05) is 31.2 Å². The molecule has 30 heavy (non-hydrogen) atoms.